The molecule has 0 spiro atoms. The molecular weight excluding hydrogens is 302 g/mol. The fourth-order valence-electron chi connectivity index (χ4n) is 2.90. The van der Waals surface area contributed by atoms with E-state index in [4.69, 9.17) is 0 Å². The van der Waals surface area contributed by atoms with Gasteiger partial charge in [-0.25, -0.2) is 4.98 Å². The highest BCUT2D eigenvalue weighted by Crippen LogP contribution is 2.23. The average molecular weight is 322 g/mol. The summed E-state index contributed by atoms with van der Waals surface area (Å²) in [4.78, 5) is 6.81. The highest BCUT2D eigenvalue weighted by Gasteiger charge is 2.26. The molecule has 0 aliphatic carbocycles. The van der Waals surface area contributed by atoms with Gasteiger partial charge in [-0.05, 0) is 17.7 Å². The number of nitrogens with one attached hydrogen (secondary N) is 1. The maximum absolute atomic E-state index is 12.2. The molecule has 3 rings (SSSR count). The lowest BCUT2D eigenvalue weighted by Crippen LogP contribution is -2.46. The second kappa shape index (κ2) is 7.06. The van der Waals surface area contributed by atoms with Crippen LogP contribution in [0.15, 0.2) is 36.7 Å². The number of rotatable bonds is 5. The summed E-state index contributed by atoms with van der Waals surface area (Å²) in [6.45, 7) is 0.633. The number of alkyl halides is 2. The number of hydrogen-bond acceptors (Lipinski definition) is 4. The van der Waals surface area contributed by atoms with Gasteiger partial charge in [-0.1, -0.05) is 12.1 Å². The highest BCUT2D eigenvalue weighted by atomic mass is 19.3. The van der Waals surface area contributed by atoms with Crippen LogP contribution in [0, 0.1) is 0 Å². The van der Waals surface area contributed by atoms with E-state index in [0.717, 1.165) is 37.6 Å². The van der Waals surface area contributed by atoms with Crippen molar-refractivity contribution in [1.82, 2.24) is 19.8 Å². The molecule has 23 heavy (non-hydrogen) atoms. The van der Waals surface area contributed by atoms with Crippen LogP contribution in [-0.2, 0) is 13.6 Å². The van der Waals surface area contributed by atoms with Crippen molar-refractivity contribution in [3.8, 4) is 5.75 Å². The van der Waals surface area contributed by atoms with Gasteiger partial charge in [0, 0.05) is 45.6 Å². The van der Waals surface area contributed by atoms with Crippen LogP contribution in [0.1, 0.15) is 17.4 Å². The molecule has 1 aromatic heterocycles. The molecule has 1 aliphatic heterocycles. The van der Waals surface area contributed by atoms with Gasteiger partial charge >= 0.3 is 6.61 Å². The average Bonchev–Trinajstić information content (AvgIpc) is 2.95. The van der Waals surface area contributed by atoms with Crippen molar-refractivity contribution in [1.29, 1.82) is 0 Å². The summed E-state index contributed by atoms with van der Waals surface area (Å²) in [6.07, 6.45) is 3.75. The Kier molecular flexibility index (Phi) is 4.88. The number of aryl methyl sites for hydroxylation is 1. The van der Waals surface area contributed by atoms with Gasteiger partial charge < -0.3 is 14.6 Å². The monoisotopic (exact) mass is 322 g/mol. The van der Waals surface area contributed by atoms with Gasteiger partial charge in [-0.2, -0.15) is 8.78 Å². The van der Waals surface area contributed by atoms with Crippen LogP contribution in [0.5, 0.6) is 5.75 Å². The number of ether oxygens (including phenoxy) is 1. The number of benzene rings is 1. The van der Waals surface area contributed by atoms with Gasteiger partial charge in [-0.3, -0.25) is 4.90 Å². The summed E-state index contributed by atoms with van der Waals surface area (Å²) in [7, 11) is 1.99. The van der Waals surface area contributed by atoms with Gasteiger partial charge in [0.15, 0.2) is 0 Å². The van der Waals surface area contributed by atoms with Crippen LogP contribution < -0.4 is 10.1 Å². The number of hydrogen-bond donors (Lipinski definition) is 1. The van der Waals surface area contributed by atoms with E-state index in [9.17, 15) is 8.78 Å². The Labute approximate surface area is 133 Å². The van der Waals surface area contributed by atoms with Gasteiger partial charge in [0.2, 0.25) is 0 Å². The van der Waals surface area contributed by atoms with Crippen LogP contribution in [0.2, 0.25) is 0 Å². The van der Waals surface area contributed by atoms with E-state index in [2.05, 4.69) is 19.9 Å². The first-order valence-electron chi connectivity index (χ1n) is 7.59. The molecule has 5 nitrogen and oxygen atoms in total. The van der Waals surface area contributed by atoms with E-state index in [1.807, 2.05) is 29.9 Å². The van der Waals surface area contributed by atoms with E-state index in [-0.39, 0.29) is 11.8 Å². The molecule has 1 atom stereocenters. The first-order chi connectivity index (χ1) is 11.1. The Bertz CT molecular complexity index is 629. The minimum Gasteiger partial charge on any atom is -0.435 e. The van der Waals surface area contributed by atoms with Gasteiger partial charge in [0.25, 0.3) is 0 Å². The van der Waals surface area contributed by atoms with Crippen molar-refractivity contribution in [3.05, 3.63) is 48.0 Å². The summed E-state index contributed by atoms with van der Waals surface area (Å²) >= 11 is 0. The predicted octanol–water partition coefficient (Wildman–Crippen LogP) is 2.17. The summed E-state index contributed by atoms with van der Waals surface area (Å²) < 4.78 is 30.8. The van der Waals surface area contributed by atoms with Gasteiger partial charge in [0.05, 0.1) is 6.04 Å². The first-order valence-corrected chi connectivity index (χ1v) is 7.59. The normalized spacial score (nSPS) is 19.2. The molecular formula is C16H20F2N4O. The van der Waals surface area contributed by atoms with Crippen LogP contribution in [0.4, 0.5) is 8.78 Å². The Morgan fingerprint density at radius 1 is 1.35 bits per heavy atom. The zero-order valence-corrected chi connectivity index (χ0v) is 13.0. The molecule has 0 bridgehead atoms. The van der Waals surface area contributed by atoms with Crippen molar-refractivity contribution < 1.29 is 13.5 Å². The molecule has 2 aromatic rings. The van der Waals surface area contributed by atoms with Crippen LogP contribution >= 0.6 is 0 Å². The predicted molar refractivity (Wildman–Crippen MR) is 82.3 cm³/mol. The van der Waals surface area contributed by atoms with Gasteiger partial charge in [-0.15, -0.1) is 0 Å². The topological polar surface area (TPSA) is 42.3 Å². The van der Waals surface area contributed by atoms with E-state index < -0.39 is 6.61 Å². The first kappa shape index (κ1) is 15.9. The molecule has 124 valence electrons. The van der Waals surface area contributed by atoms with Crippen LogP contribution in [-0.4, -0.2) is 40.7 Å². The largest absolute Gasteiger partial charge is 0.435 e. The molecule has 0 amide bonds. The molecule has 1 aliphatic rings. The molecule has 7 heteroatoms. The van der Waals surface area contributed by atoms with Crippen LogP contribution in [0.25, 0.3) is 0 Å². The zero-order valence-electron chi connectivity index (χ0n) is 13.0. The third-order valence-electron chi connectivity index (χ3n) is 4.04. The molecule has 1 saturated heterocycles. The fraction of sp³-hybridized carbons (Fsp3) is 0.438. The number of piperazine rings is 1. The Hall–Kier alpha value is -1.99. The second-order valence-electron chi connectivity index (χ2n) is 5.61. The lowest BCUT2D eigenvalue weighted by Gasteiger charge is -2.35. The van der Waals surface area contributed by atoms with E-state index in [1.54, 1.807) is 18.3 Å². The molecule has 0 radical (unpaired) electrons. The Balaban J connectivity index is 1.71. The molecule has 1 unspecified atom stereocenters. The summed E-state index contributed by atoms with van der Waals surface area (Å²) in [6, 6.07) is 7.02. The summed E-state index contributed by atoms with van der Waals surface area (Å²) in [5.74, 6) is 1.21. The third kappa shape index (κ3) is 3.86. The zero-order chi connectivity index (χ0) is 16.2. The number of nitrogens with zero attached hydrogens (tertiary/aromatic N) is 3. The molecule has 2 heterocycles. The number of imidazole rings is 1. The molecule has 1 aromatic carbocycles. The SMILES string of the molecule is Cn1ccnc1C1CNCCN1Cc1ccc(OC(F)F)cc1. The fourth-order valence-corrected chi connectivity index (χ4v) is 2.90. The number of halogens is 2. The molecule has 1 fully saturated rings. The Morgan fingerprint density at radius 2 is 2.13 bits per heavy atom. The van der Waals surface area contributed by atoms with E-state index in [1.165, 1.54) is 0 Å². The Morgan fingerprint density at radius 3 is 2.78 bits per heavy atom. The van der Waals surface area contributed by atoms with Crippen molar-refractivity contribution in [2.24, 2.45) is 7.05 Å². The molecule has 1 N–H and O–H groups in total. The summed E-state index contributed by atoms with van der Waals surface area (Å²) in [5, 5.41) is 3.40. The van der Waals surface area contributed by atoms with Crippen molar-refractivity contribution >= 4 is 0 Å². The van der Waals surface area contributed by atoms with Crippen molar-refractivity contribution in [2.45, 2.75) is 19.2 Å². The van der Waals surface area contributed by atoms with Gasteiger partial charge in [0.1, 0.15) is 11.6 Å². The van der Waals surface area contributed by atoms with E-state index >= 15 is 0 Å². The van der Waals surface area contributed by atoms with Crippen molar-refractivity contribution in [3.63, 3.8) is 0 Å². The standard InChI is InChI=1S/C16H20F2N4O/c1-21-8-7-20-15(21)14-10-19-6-9-22(14)11-12-2-4-13(5-3-12)23-16(17)18/h2-5,7-8,14,16,19H,6,9-11H2,1H3. The quantitative estimate of drug-likeness (QED) is 0.916. The van der Waals surface area contributed by atoms with Crippen LogP contribution in [0.3, 0.4) is 0 Å². The summed E-state index contributed by atoms with van der Waals surface area (Å²) in [5.41, 5.74) is 1.06. The minimum atomic E-state index is -2.79. The third-order valence-corrected chi connectivity index (χ3v) is 4.04. The maximum Gasteiger partial charge on any atom is 0.387 e. The lowest BCUT2D eigenvalue weighted by molar-refractivity contribution is -0.0498. The van der Waals surface area contributed by atoms with E-state index in [0.29, 0.717) is 0 Å². The van der Waals surface area contributed by atoms with Crippen molar-refractivity contribution in [2.75, 3.05) is 19.6 Å². The highest BCUT2D eigenvalue weighted by molar-refractivity contribution is 5.27. The number of aromatic nitrogens is 2. The second-order valence-corrected chi connectivity index (χ2v) is 5.61. The lowest BCUT2D eigenvalue weighted by atomic mass is 10.1. The minimum absolute atomic E-state index is 0.185. The maximum atomic E-state index is 12.2. The smallest absolute Gasteiger partial charge is 0.387 e. The molecule has 0 saturated carbocycles.